The van der Waals surface area contributed by atoms with Crippen LogP contribution in [0.25, 0.3) is 6.08 Å². The maximum Gasteiger partial charge on any atom is 0.319 e. The summed E-state index contributed by atoms with van der Waals surface area (Å²) in [5.74, 6) is -1.60. The Hall–Kier alpha value is -2.43. The van der Waals surface area contributed by atoms with Crippen LogP contribution in [0.2, 0.25) is 0 Å². The SMILES string of the molecule is C=C1NC(=O)C(=Cc2cccnc2)C1C(=O)OC. The zero-order valence-corrected chi connectivity index (χ0v) is 9.84. The second kappa shape index (κ2) is 4.83. The smallest absolute Gasteiger partial charge is 0.319 e. The molecule has 1 aromatic heterocycles. The van der Waals surface area contributed by atoms with Crippen molar-refractivity contribution in [1.29, 1.82) is 0 Å². The van der Waals surface area contributed by atoms with Gasteiger partial charge < -0.3 is 10.1 Å². The van der Waals surface area contributed by atoms with Gasteiger partial charge >= 0.3 is 5.97 Å². The second-order valence-corrected chi connectivity index (χ2v) is 3.82. The van der Waals surface area contributed by atoms with E-state index >= 15 is 0 Å². The maximum atomic E-state index is 11.8. The highest BCUT2D eigenvalue weighted by atomic mass is 16.5. The molecule has 0 radical (unpaired) electrons. The first-order valence-electron chi connectivity index (χ1n) is 5.33. The first kappa shape index (κ1) is 12.0. The summed E-state index contributed by atoms with van der Waals surface area (Å²) in [4.78, 5) is 27.3. The van der Waals surface area contributed by atoms with Crippen LogP contribution in [0.4, 0.5) is 0 Å². The van der Waals surface area contributed by atoms with E-state index in [2.05, 4.69) is 21.6 Å². The van der Waals surface area contributed by atoms with Crippen molar-refractivity contribution in [2.24, 2.45) is 5.92 Å². The number of hydrogen-bond acceptors (Lipinski definition) is 4. The van der Waals surface area contributed by atoms with Gasteiger partial charge in [0, 0.05) is 23.7 Å². The number of carbonyl (C=O) groups excluding carboxylic acids is 2. The topological polar surface area (TPSA) is 68.3 Å². The monoisotopic (exact) mass is 244 g/mol. The highest BCUT2D eigenvalue weighted by molar-refractivity contribution is 6.08. The van der Waals surface area contributed by atoms with Gasteiger partial charge in [-0.3, -0.25) is 14.6 Å². The number of aromatic nitrogens is 1. The molecule has 0 saturated carbocycles. The van der Waals surface area contributed by atoms with Gasteiger partial charge in [0.2, 0.25) is 0 Å². The summed E-state index contributed by atoms with van der Waals surface area (Å²) < 4.78 is 4.67. The molecular formula is C13H12N2O3. The van der Waals surface area contributed by atoms with Crippen LogP contribution in [0.15, 0.2) is 42.4 Å². The Morgan fingerprint density at radius 2 is 2.39 bits per heavy atom. The Labute approximate surface area is 104 Å². The molecule has 0 aromatic carbocycles. The number of amides is 1. The second-order valence-electron chi connectivity index (χ2n) is 3.82. The van der Waals surface area contributed by atoms with Crippen LogP contribution in [0.3, 0.4) is 0 Å². The number of hydrogen-bond donors (Lipinski definition) is 1. The maximum absolute atomic E-state index is 11.8. The summed E-state index contributed by atoms with van der Waals surface area (Å²) in [7, 11) is 1.28. The molecule has 1 fully saturated rings. The van der Waals surface area contributed by atoms with E-state index in [1.165, 1.54) is 7.11 Å². The molecule has 5 nitrogen and oxygen atoms in total. The zero-order chi connectivity index (χ0) is 13.1. The number of methoxy groups -OCH3 is 1. The number of pyridine rings is 1. The number of rotatable bonds is 2. The van der Waals surface area contributed by atoms with Crippen LogP contribution in [-0.4, -0.2) is 24.0 Å². The van der Waals surface area contributed by atoms with Gasteiger partial charge in [-0.2, -0.15) is 0 Å². The molecule has 18 heavy (non-hydrogen) atoms. The van der Waals surface area contributed by atoms with Crippen molar-refractivity contribution in [1.82, 2.24) is 10.3 Å². The van der Waals surface area contributed by atoms with Gasteiger partial charge in [0.1, 0.15) is 5.92 Å². The molecule has 0 spiro atoms. The largest absolute Gasteiger partial charge is 0.468 e. The number of carbonyl (C=O) groups is 2. The van der Waals surface area contributed by atoms with Crippen LogP contribution in [0, 0.1) is 5.92 Å². The van der Waals surface area contributed by atoms with Crippen molar-refractivity contribution in [3.63, 3.8) is 0 Å². The van der Waals surface area contributed by atoms with Crippen molar-refractivity contribution in [2.45, 2.75) is 0 Å². The predicted octanol–water partition coefficient (Wildman–Crippen LogP) is 0.898. The van der Waals surface area contributed by atoms with E-state index in [9.17, 15) is 9.59 Å². The van der Waals surface area contributed by atoms with E-state index in [1.807, 2.05) is 0 Å². The highest BCUT2D eigenvalue weighted by Gasteiger charge is 2.37. The van der Waals surface area contributed by atoms with Crippen LogP contribution >= 0.6 is 0 Å². The van der Waals surface area contributed by atoms with Crippen LogP contribution in [0.1, 0.15) is 5.56 Å². The Kier molecular flexibility index (Phi) is 3.23. The highest BCUT2D eigenvalue weighted by Crippen LogP contribution is 2.27. The molecule has 5 heteroatoms. The molecule has 1 atom stereocenters. The molecule has 1 aromatic rings. The molecule has 0 aliphatic carbocycles. The normalized spacial score (nSPS) is 20.9. The average molecular weight is 244 g/mol. The Bertz CT molecular complexity index is 534. The molecular weight excluding hydrogens is 232 g/mol. The zero-order valence-electron chi connectivity index (χ0n) is 9.84. The summed E-state index contributed by atoms with van der Waals surface area (Å²) in [6.07, 6.45) is 4.85. The Morgan fingerprint density at radius 3 is 3.00 bits per heavy atom. The van der Waals surface area contributed by atoms with Gasteiger partial charge in [-0.1, -0.05) is 12.6 Å². The van der Waals surface area contributed by atoms with Crippen LogP contribution < -0.4 is 5.32 Å². The fourth-order valence-electron chi connectivity index (χ4n) is 1.79. The standard InChI is InChI=1S/C13H12N2O3/c1-8-11(13(17)18-2)10(12(16)15-8)6-9-4-3-5-14-7-9/h3-7,11H,1H2,2H3,(H,15,16). The molecule has 1 saturated heterocycles. The molecule has 0 bridgehead atoms. The molecule has 1 aliphatic heterocycles. The molecule has 2 heterocycles. The molecule has 92 valence electrons. The molecule has 1 N–H and O–H groups in total. The first-order valence-corrected chi connectivity index (χ1v) is 5.33. The lowest BCUT2D eigenvalue weighted by atomic mass is 9.98. The Morgan fingerprint density at radius 1 is 1.61 bits per heavy atom. The van der Waals surface area contributed by atoms with Crippen molar-refractivity contribution in [2.75, 3.05) is 7.11 Å². The number of ether oxygens (including phenoxy) is 1. The van der Waals surface area contributed by atoms with E-state index in [1.54, 1.807) is 30.6 Å². The van der Waals surface area contributed by atoms with Crippen LogP contribution in [-0.2, 0) is 14.3 Å². The number of nitrogens with one attached hydrogen (secondary N) is 1. The van der Waals surface area contributed by atoms with Gasteiger partial charge in [0.25, 0.3) is 5.91 Å². The summed E-state index contributed by atoms with van der Waals surface area (Å²) >= 11 is 0. The van der Waals surface area contributed by atoms with Gasteiger partial charge in [-0.05, 0) is 17.7 Å². The van der Waals surface area contributed by atoms with Gasteiger partial charge in [0.15, 0.2) is 0 Å². The van der Waals surface area contributed by atoms with E-state index in [0.29, 0.717) is 11.3 Å². The summed E-state index contributed by atoms with van der Waals surface area (Å²) in [6, 6.07) is 3.55. The lowest BCUT2D eigenvalue weighted by molar-refractivity contribution is -0.142. The molecule has 2 rings (SSSR count). The van der Waals surface area contributed by atoms with Gasteiger partial charge in [-0.15, -0.1) is 0 Å². The summed E-state index contributed by atoms with van der Waals surface area (Å²) in [5.41, 5.74) is 1.40. The van der Waals surface area contributed by atoms with Crippen molar-refractivity contribution in [3.05, 3.63) is 47.9 Å². The fraction of sp³-hybridized carbons (Fsp3) is 0.154. The first-order chi connectivity index (χ1) is 8.63. The third-order valence-electron chi connectivity index (χ3n) is 2.64. The van der Waals surface area contributed by atoms with E-state index in [4.69, 9.17) is 0 Å². The van der Waals surface area contributed by atoms with Gasteiger partial charge in [-0.25, -0.2) is 0 Å². The molecule has 1 amide bonds. The minimum atomic E-state index is -0.761. The van der Waals surface area contributed by atoms with Crippen LogP contribution in [0.5, 0.6) is 0 Å². The minimum Gasteiger partial charge on any atom is -0.468 e. The van der Waals surface area contributed by atoms with Crippen molar-refractivity contribution >= 4 is 18.0 Å². The molecule has 1 aliphatic rings. The Balaban J connectivity index is 2.40. The lowest BCUT2D eigenvalue weighted by Gasteiger charge is -2.07. The average Bonchev–Trinajstić information content (AvgIpc) is 2.65. The van der Waals surface area contributed by atoms with Gasteiger partial charge in [0.05, 0.1) is 7.11 Å². The van der Waals surface area contributed by atoms with Crippen molar-refractivity contribution in [3.8, 4) is 0 Å². The summed E-state index contributed by atoms with van der Waals surface area (Å²) in [6.45, 7) is 3.66. The third kappa shape index (κ3) is 2.15. The van der Waals surface area contributed by atoms with E-state index < -0.39 is 11.9 Å². The molecule has 1 unspecified atom stereocenters. The van der Waals surface area contributed by atoms with Crippen molar-refractivity contribution < 1.29 is 14.3 Å². The lowest BCUT2D eigenvalue weighted by Crippen LogP contribution is -2.17. The summed E-state index contributed by atoms with van der Waals surface area (Å²) in [5, 5.41) is 2.53. The fourth-order valence-corrected chi connectivity index (χ4v) is 1.79. The van der Waals surface area contributed by atoms with E-state index in [-0.39, 0.29) is 5.91 Å². The van der Waals surface area contributed by atoms with E-state index in [0.717, 1.165) is 5.56 Å². The predicted molar refractivity (Wildman–Crippen MR) is 65.0 cm³/mol. The third-order valence-corrected chi connectivity index (χ3v) is 2.64. The number of esters is 1. The quantitative estimate of drug-likeness (QED) is 0.620. The minimum absolute atomic E-state index is 0.319. The number of nitrogens with zero attached hydrogens (tertiary/aromatic N) is 1.